The monoisotopic (exact) mass is 344 g/mol. The van der Waals surface area contributed by atoms with Crippen molar-refractivity contribution in [2.24, 2.45) is 0 Å². The molecule has 0 fully saturated rings. The highest BCUT2D eigenvalue weighted by Gasteiger charge is 2.20. The number of halogens is 4. The second-order valence-corrected chi connectivity index (χ2v) is 4.54. The van der Waals surface area contributed by atoms with E-state index < -0.39 is 34.9 Å². The fourth-order valence-corrected chi connectivity index (χ4v) is 1.80. The largest absolute Gasteiger partial charge is 0.394 e. The summed E-state index contributed by atoms with van der Waals surface area (Å²) in [5.41, 5.74) is 0.533. The topological polar surface area (TPSA) is 70.6 Å². The van der Waals surface area contributed by atoms with Crippen LogP contribution in [0.1, 0.15) is 10.4 Å². The van der Waals surface area contributed by atoms with Crippen LogP contribution in [0.4, 0.5) is 28.9 Å². The van der Waals surface area contributed by atoms with E-state index in [0.717, 1.165) is 18.2 Å². The smallest absolute Gasteiger partial charge is 0.277 e. The van der Waals surface area contributed by atoms with Gasteiger partial charge in [0, 0.05) is 6.07 Å². The summed E-state index contributed by atoms with van der Waals surface area (Å²) in [7, 11) is 0. The van der Waals surface area contributed by atoms with E-state index in [2.05, 4.69) is 10.2 Å². The number of aliphatic hydroxyl groups is 1. The van der Waals surface area contributed by atoms with Crippen LogP contribution >= 0.6 is 0 Å². The van der Waals surface area contributed by atoms with Gasteiger partial charge in [-0.3, -0.25) is 9.63 Å². The van der Waals surface area contributed by atoms with E-state index in [1.54, 1.807) is 0 Å². The van der Waals surface area contributed by atoms with Crippen LogP contribution in [-0.4, -0.2) is 24.2 Å². The standard InChI is InChI=1S/C15H12F4N2O3/c16-8-1-4-12(11(18)7-8)20-14-9(2-3-10(17)13(14)19)15(23)21-24-6-5-22/h1-4,7,20,22H,5-6H2,(H,21,23). The number of amides is 1. The van der Waals surface area contributed by atoms with E-state index >= 15 is 0 Å². The summed E-state index contributed by atoms with van der Waals surface area (Å²) in [4.78, 5) is 16.5. The Morgan fingerprint density at radius 1 is 1.08 bits per heavy atom. The van der Waals surface area contributed by atoms with Crippen molar-refractivity contribution in [2.75, 3.05) is 18.5 Å². The highest BCUT2D eigenvalue weighted by molar-refractivity contribution is 5.99. The lowest BCUT2D eigenvalue weighted by Gasteiger charge is -2.14. The predicted molar refractivity (Wildman–Crippen MR) is 76.5 cm³/mol. The van der Waals surface area contributed by atoms with Crippen LogP contribution < -0.4 is 10.8 Å². The molecule has 1 amide bonds. The van der Waals surface area contributed by atoms with E-state index in [0.29, 0.717) is 12.1 Å². The van der Waals surface area contributed by atoms with Crippen LogP contribution in [0.15, 0.2) is 30.3 Å². The second-order valence-electron chi connectivity index (χ2n) is 4.54. The summed E-state index contributed by atoms with van der Waals surface area (Å²) in [5, 5.41) is 10.8. The average Bonchev–Trinajstić information content (AvgIpc) is 2.54. The third kappa shape index (κ3) is 4.00. The van der Waals surface area contributed by atoms with Gasteiger partial charge in [0.05, 0.1) is 30.2 Å². The van der Waals surface area contributed by atoms with E-state index in [-0.39, 0.29) is 24.5 Å². The van der Waals surface area contributed by atoms with Crippen LogP contribution in [0.25, 0.3) is 0 Å². The minimum absolute atomic E-state index is 0.217. The Hall–Kier alpha value is -2.65. The highest BCUT2D eigenvalue weighted by atomic mass is 19.2. The van der Waals surface area contributed by atoms with Gasteiger partial charge in [0.1, 0.15) is 11.6 Å². The van der Waals surface area contributed by atoms with Crippen LogP contribution in [0.5, 0.6) is 0 Å². The molecule has 0 spiro atoms. The molecule has 0 radical (unpaired) electrons. The number of aliphatic hydroxyl groups excluding tert-OH is 1. The van der Waals surface area contributed by atoms with Crippen molar-refractivity contribution in [2.45, 2.75) is 0 Å². The Morgan fingerprint density at radius 3 is 2.50 bits per heavy atom. The number of hydrogen-bond acceptors (Lipinski definition) is 4. The first-order valence-electron chi connectivity index (χ1n) is 6.67. The zero-order valence-electron chi connectivity index (χ0n) is 12.1. The Bertz CT molecular complexity index is 756. The maximum atomic E-state index is 14.0. The molecule has 0 aliphatic carbocycles. The molecule has 3 N–H and O–H groups in total. The summed E-state index contributed by atoms with van der Waals surface area (Å²) in [6, 6.07) is 4.09. The van der Waals surface area contributed by atoms with E-state index in [9.17, 15) is 22.4 Å². The number of rotatable bonds is 6. The number of nitrogens with one attached hydrogen (secondary N) is 2. The Morgan fingerprint density at radius 2 is 1.83 bits per heavy atom. The number of benzene rings is 2. The van der Waals surface area contributed by atoms with E-state index in [1.165, 1.54) is 0 Å². The van der Waals surface area contributed by atoms with E-state index in [4.69, 9.17) is 5.11 Å². The number of hydroxylamine groups is 1. The van der Waals surface area contributed by atoms with Crippen LogP contribution in [-0.2, 0) is 4.84 Å². The van der Waals surface area contributed by atoms with Crippen molar-refractivity contribution in [3.8, 4) is 0 Å². The van der Waals surface area contributed by atoms with Crippen molar-refractivity contribution >= 4 is 17.3 Å². The second kappa shape index (κ2) is 7.75. The molecule has 0 unspecified atom stereocenters. The lowest BCUT2D eigenvalue weighted by atomic mass is 10.1. The molecular weight excluding hydrogens is 332 g/mol. The van der Waals surface area contributed by atoms with Crippen LogP contribution in [0, 0.1) is 23.3 Å². The molecule has 0 bridgehead atoms. The molecule has 0 saturated carbocycles. The number of hydrogen-bond donors (Lipinski definition) is 3. The predicted octanol–water partition coefficient (Wildman–Crippen LogP) is 2.64. The first-order chi connectivity index (χ1) is 11.4. The average molecular weight is 344 g/mol. The Labute approximate surface area is 133 Å². The molecule has 0 aliphatic heterocycles. The summed E-state index contributed by atoms with van der Waals surface area (Å²) in [5.74, 6) is -5.55. The maximum Gasteiger partial charge on any atom is 0.277 e. The van der Waals surface area contributed by atoms with Gasteiger partial charge in [0.25, 0.3) is 5.91 Å². The molecule has 2 rings (SSSR count). The van der Waals surface area contributed by atoms with Crippen molar-refractivity contribution in [3.05, 3.63) is 59.2 Å². The Kier molecular flexibility index (Phi) is 5.72. The third-order valence-electron chi connectivity index (χ3n) is 2.89. The van der Waals surface area contributed by atoms with Gasteiger partial charge in [0.15, 0.2) is 11.6 Å². The van der Waals surface area contributed by atoms with Gasteiger partial charge in [-0.15, -0.1) is 0 Å². The summed E-state index contributed by atoms with van der Waals surface area (Å²) >= 11 is 0. The van der Waals surface area contributed by atoms with Gasteiger partial charge in [-0.25, -0.2) is 23.0 Å². The first kappa shape index (κ1) is 17.7. The molecular formula is C15H12F4N2O3. The lowest BCUT2D eigenvalue weighted by molar-refractivity contribution is 0.0168. The minimum atomic E-state index is -1.42. The van der Waals surface area contributed by atoms with Crippen molar-refractivity contribution in [1.82, 2.24) is 5.48 Å². The summed E-state index contributed by atoms with van der Waals surface area (Å²) in [6.07, 6.45) is 0. The minimum Gasteiger partial charge on any atom is -0.394 e. The molecule has 5 nitrogen and oxygen atoms in total. The molecule has 24 heavy (non-hydrogen) atoms. The highest BCUT2D eigenvalue weighted by Crippen LogP contribution is 2.28. The molecule has 2 aromatic carbocycles. The normalized spacial score (nSPS) is 10.5. The zero-order chi connectivity index (χ0) is 17.7. The molecule has 9 heteroatoms. The zero-order valence-corrected chi connectivity index (χ0v) is 12.1. The Balaban J connectivity index is 2.36. The van der Waals surface area contributed by atoms with Gasteiger partial charge in [-0.1, -0.05) is 0 Å². The van der Waals surface area contributed by atoms with Crippen molar-refractivity contribution in [3.63, 3.8) is 0 Å². The van der Waals surface area contributed by atoms with Gasteiger partial charge in [-0.05, 0) is 24.3 Å². The van der Waals surface area contributed by atoms with E-state index in [1.807, 2.05) is 5.48 Å². The summed E-state index contributed by atoms with van der Waals surface area (Å²) in [6.45, 7) is -0.589. The molecule has 0 saturated heterocycles. The molecule has 0 atom stereocenters. The number of carbonyl (C=O) groups is 1. The lowest BCUT2D eigenvalue weighted by Crippen LogP contribution is -2.26. The molecule has 0 heterocycles. The van der Waals surface area contributed by atoms with Crippen LogP contribution in [0.2, 0.25) is 0 Å². The van der Waals surface area contributed by atoms with Gasteiger partial charge in [-0.2, -0.15) is 0 Å². The first-order valence-corrected chi connectivity index (χ1v) is 6.67. The fourth-order valence-electron chi connectivity index (χ4n) is 1.80. The van der Waals surface area contributed by atoms with Crippen LogP contribution in [0.3, 0.4) is 0 Å². The van der Waals surface area contributed by atoms with Crippen molar-refractivity contribution in [1.29, 1.82) is 0 Å². The van der Waals surface area contributed by atoms with Gasteiger partial charge >= 0.3 is 0 Å². The number of anilines is 2. The molecule has 128 valence electrons. The summed E-state index contributed by atoms with van der Waals surface area (Å²) < 4.78 is 54.0. The molecule has 2 aromatic rings. The quantitative estimate of drug-likeness (QED) is 0.428. The SMILES string of the molecule is O=C(NOCCO)c1ccc(F)c(F)c1Nc1ccc(F)cc1F. The number of carbonyl (C=O) groups excluding carboxylic acids is 1. The maximum absolute atomic E-state index is 14.0. The van der Waals surface area contributed by atoms with Gasteiger partial charge < -0.3 is 10.4 Å². The molecule has 0 aliphatic rings. The fraction of sp³-hybridized carbons (Fsp3) is 0.133. The molecule has 0 aromatic heterocycles. The van der Waals surface area contributed by atoms with Crippen molar-refractivity contribution < 1.29 is 32.3 Å². The third-order valence-corrected chi connectivity index (χ3v) is 2.89. The van der Waals surface area contributed by atoms with Gasteiger partial charge in [0.2, 0.25) is 0 Å².